The van der Waals surface area contributed by atoms with Crippen LogP contribution in [0.25, 0.3) is 0 Å². The first kappa shape index (κ1) is 25.9. The van der Waals surface area contributed by atoms with Crippen LogP contribution in [0.15, 0.2) is 21.8 Å². The van der Waals surface area contributed by atoms with E-state index in [2.05, 4.69) is 15.5 Å². The van der Waals surface area contributed by atoms with Crippen LogP contribution < -0.4 is 11.1 Å². The molecule has 5 N–H and O–H groups in total. The second-order valence-corrected chi connectivity index (χ2v) is 12.2. The summed E-state index contributed by atoms with van der Waals surface area (Å²) in [6.45, 7) is 5.11. The number of thioether (sulfide) groups is 1. The molecule has 0 saturated carbocycles. The molecule has 4 atom stereocenters. The molecule has 0 aromatic carbocycles. The summed E-state index contributed by atoms with van der Waals surface area (Å²) >= 11 is 2.59. The summed E-state index contributed by atoms with van der Waals surface area (Å²) in [4.78, 5) is 48.6. The number of quaternary nitrogens is 1. The first-order chi connectivity index (χ1) is 17.6. The number of carbonyl (C=O) groups excluding carboxylic acids is 2. The molecule has 0 spiro atoms. The molecular weight excluding hydrogens is 520 g/mol. The highest BCUT2D eigenvalue weighted by Gasteiger charge is 2.56. The first-order valence-electron chi connectivity index (χ1n) is 12.2. The fourth-order valence-electron chi connectivity index (χ4n) is 6.22. The van der Waals surface area contributed by atoms with E-state index in [0.29, 0.717) is 18.2 Å². The van der Waals surface area contributed by atoms with Gasteiger partial charge in [-0.25, -0.2) is 9.78 Å². The quantitative estimate of drug-likeness (QED) is 0.151. The highest BCUT2D eigenvalue weighted by molar-refractivity contribution is 8.00. The number of piperidine rings is 3. The Morgan fingerprint density at radius 3 is 2.73 bits per heavy atom. The number of hydrogen-bond donors (Lipinski definition) is 4. The van der Waals surface area contributed by atoms with Gasteiger partial charge in [0.25, 0.3) is 11.8 Å². The number of fused-ring (bicyclic) bond motifs is 4. The predicted molar refractivity (Wildman–Crippen MR) is 137 cm³/mol. The van der Waals surface area contributed by atoms with Crippen molar-refractivity contribution >= 4 is 51.7 Å². The van der Waals surface area contributed by atoms with Crippen molar-refractivity contribution < 1.29 is 33.9 Å². The van der Waals surface area contributed by atoms with Gasteiger partial charge in [-0.05, 0) is 12.8 Å². The summed E-state index contributed by atoms with van der Waals surface area (Å²) in [5, 5.41) is 28.1. The fourth-order valence-corrected chi connectivity index (χ4v) is 8.11. The van der Waals surface area contributed by atoms with Crippen molar-refractivity contribution in [3.8, 4) is 0 Å². The number of nitrogens with two attached hydrogens (primary N) is 1. The number of carboxylic acids is 1. The molecule has 12 nitrogen and oxygen atoms in total. The summed E-state index contributed by atoms with van der Waals surface area (Å²) in [5.41, 5.74) is 6.53. The van der Waals surface area contributed by atoms with Crippen LogP contribution in [0.1, 0.15) is 25.5 Å². The number of rotatable bonds is 8. The van der Waals surface area contributed by atoms with E-state index >= 15 is 0 Å². The van der Waals surface area contributed by atoms with E-state index < -0.39 is 35.3 Å². The van der Waals surface area contributed by atoms with E-state index in [-0.39, 0.29) is 28.2 Å². The van der Waals surface area contributed by atoms with Crippen LogP contribution in [0.5, 0.6) is 0 Å². The number of aromatic nitrogens is 1. The zero-order valence-corrected chi connectivity index (χ0v) is 22.3. The highest BCUT2D eigenvalue weighted by Crippen LogP contribution is 2.44. The third-order valence-corrected chi connectivity index (χ3v) is 10.0. The van der Waals surface area contributed by atoms with Crippen LogP contribution in [0.2, 0.25) is 0 Å². The minimum absolute atomic E-state index is 0.0195. The standard InChI is InChI=1S/C23H30N6O6S2/c1-11(30)14-8-29(5-3-12(14)4-6-29)7-13-9-36-21-17(20(32)28(21)18(13)22(33)34)26-19(31)16(27-35-2)15-10-37-23(24)25-15/h10-12,14,17,21,30H,3-9H2,1-2H3,(H3-,24,25,26,31,33,34)/p+1/b27-16-/t11?,12?,14?,17-,21-,29?/m1/s1. The number of anilines is 1. The number of nitrogen functional groups attached to an aromatic ring is 1. The Morgan fingerprint density at radius 1 is 1.41 bits per heavy atom. The van der Waals surface area contributed by atoms with Gasteiger partial charge in [0, 0.05) is 35.5 Å². The molecule has 6 heterocycles. The van der Waals surface area contributed by atoms with Crippen LogP contribution in [0.3, 0.4) is 0 Å². The number of oxime groups is 1. The summed E-state index contributed by atoms with van der Waals surface area (Å²) < 4.78 is 0.749. The number of β-lactam (4-membered cyclic amide) rings is 1. The molecule has 5 aliphatic heterocycles. The van der Waals surface area contributed by atoms with Crippen molar-refractivity contribution in [3.63, 3.8) is 0 Å². The normalized spacial score (nSPS) is 32.0. The lowest BCUT2D eigenvalue weighted by Crippen LogP contribution is -2.71. The number of thiazole rings is 1. The molecule has 2 amide bonds. The zero-order chi connectivity index (χ0) is 26.5. The molecule has 200 valence electrons. The maximum Gasteiger partial charge on any atom is 0.352 e. The number of carbonyl (C=O) groups is 3. The third-order valence-electron chi connectivity index (χ3n) is 8.00. The van der Waals surface area contributed by atoms with Crippen molar-refractivity contribution in [1.82, 2.24) is 15.2 Å². The second-order valence-electron chi connectivity index (χ2n) is 10.2. The molecule has 6 rings (SSSR count). The van der Waals surface area contributed by atoms with Gasteiger partial charge in [0.05, 0.1) is 25.7 Å². The van der Waals surface area contributed by atoms with Crippen molar-refractivity contribution in [2.24, 2.45) is 17.0 Å². The van der Waals surface area contributed by atoms with Gasteiger partial charge >= 0.3 is 5.97 Å². The molecule has 4 fully saturated rings. The van der Waals surface area contributed by atoms with Crippen LogP contribution in [0, 0.1) is 11.8 Å². The van der Waals surface area contributed by atoms with E-state index in [1.54, 1.807) is 5.38 Å². The lowest BCUT2D eigenvalue weighted by Gasteiger charge is -2.55. The fraction of sp³-hybridized carbons (Fsp3) is 0.609. The van der Waals surface area contributed by atoms with Crippen molar-refractivity contribution in [2.45, 2.75) is 37.3 Å². The molecule has 37 heavy (non-hydrogen) atoms. The lowest BCUT2D eigenvalue weighted by molar-refractivity contribution is -0.943. The lowest BCUT2D eigenvalue weighted by atomic mass is 9.74. The SMILES string of the molecule is CO/N=C(\C(=O)N[C@@H]1C(=O)N2C(C(=O)O)=C(C[N+]34CCC(CC3)C(C(C)O)C4)CS[C@H]12)c1csc(N)n1. The van der Waals surface area contributed by atoms with Crippen molar-refractivity contribution in [1.29, 1.82) is 0 Å². The Balaban J connectivity index is 1.34. The van der Waals surface area contributed by atoms with Gasteiger partial charge in [-0.1, -0.05) is 5.16 Å². The maximum absolute atomic E-state index is 13.2. The first-order valence-corrected chi connectivity index (χ1v) is 14.1. The minimum Gasteiger partial charge on any atom is -0.477 e. The number of amides is 2. The number of aliphatic hydroxyl groups is 1. The summed E-state index contributed by atoms with van der Waals surface area (Å²) in [7, 11) is 1.29. The molecule has 1 aromatic rings. The number of carboxylic acid groups (broad SMARTS) is 1. The van der Waals surface area contributed by atoms with E-state index in [0.717, 1.165) is 53.9 Å². The predicted octanol–water partition coefficient (Wildman–Crippen LogP) is 0.0518. The number of nitrogens with zero attached hydrogens (tertiary/aromatic N) is 4. The van der Waals surface area contributed by atoms with Crippen molar-refractivity contribution in [2.75, 3.05) is 44.8 Å². The largest absolute Gasteiger partial charge is 0.477 e. The Morgan fingerprint density at radius 2 is 2.14 bits per heavy atom. The zero-order valence-electron chi connectivity index (χ0n) is 20.6. The number of nitrogens with one attached hydrogen (secondary N) is 1. The molecule has 2 bridgehead atoms. The van der Waals surface area contributed by atoms with Gasteiger partial charge in [0.15, 0.2) is 10.8 Å². The monoisotopic (exact) mass is 551 g/mol. The molecule has 14 heteroatoms. The van der Waals surface area contributed by atoms with Gasteiger partial charge in [-0.3, -0.25) is 14.5 Å². The minimum atomic E-state index is -1.14. The topological polar surface area (TPSA) is 167 Å². The summed E-state index contributed by atoms with van der Waals surface area (Å²) in [6.07, 6.45) is 1.65. The smallest absolute Gasteiger partial charge is 0.352 e. The summed E-state index contributed by atoms with van der Waals surface area (Å²) in [5.74, 6) is -1.10. The van der Waals surface area contributed by atoms with Gasteiger partial charge in [-0.15, -0.1) is 23.1 Å². The number of aliphatic carboxylic acids is 1. The molecule has 5 aliphatic rings. The average molecular weight is 552 g/mol. The number of hydrogen-bond acceptors (Lipinski definition) is 10. The van der Waals surface area contributed by atoms with Crippen LogP contribution in [-0.2, 0) is 19.2 Å². The van der Waals surface area contributed by atoms with Crippen LogP contribution in [0.4, 0.5) is 5.13 Å². The van der Waals surface area contributed by atoms with Crippen LogP contribution >= 0.6 is 23.1 Å². The van der Waals surface area contributed by atoms with Gasteiger partial charge in [0.1, 0.15) is 36.5 Å². The molecule has 2 unspecified atom stereocenters. The van der Waals surface area contributed by atoms with Crippen molar-refractivity contribution in [3.05, 3.63) is 22.3 Å². The van der Waals surface area contributed by atoms with E-state index in [1.165, 1.54) is 23.8 Å². The van der Waals surface area contributed by atoms with Gasteiger partial charge in [0.2, 0.25) is 0 Å². The molecule has 4 saturated heterocycles. The van der Waals surface area contributed by atoms with Gasteiger partial charge in [-0.2, -0.15) is 0 Å². The van der Waals surface area contributed by atoms with Crippen LogP contribution in [-0.4, -0.2) is 105 Å². The third kappa shape index (κ3) is 4.60. The summed E-state index contributed by atoms with van der Waals surface area (Å²) in [6, 6.07) is -0.899. The van der Waals surface area contributed by atoms with E-state index in [9.17, 15) is 24.6 Å². The number of aliphatic hydroxyl groups excluding tert-OH is 1. The average Bonchev–Trinajstić information content (AvgIpc) is 3.31. The highest BCUT2D eigenvalue weighted by atomic mass is 32.2. The Labute approximate surface area is 222 Å². The van der Waals surface area contributed by atoms with Gasteiger partial charge < -0.3 is 30.6 Å². The Hall–Kier alpha value is -2.68. The van der Waals surface area contributed by atoms with E-state index in [1.807, 2.05) is 6.92 Å². The molecule has 0 aliphatic carbocycles. The second kappa shape index (κ2) is 9.89. The molecular formula is C23H31N6O6S2+. The Kier molecular flexibility index (Phi) is 6.94. The maximum atomic E-state index is 13.2. The molecule has 0 radical (unpaired) electrons. The Bertz CT molecular complexity index is 1170. The molecule has 1 aromatic heterocycles. The van der Waals surface area contributed by atoms with E-state index in [4.69, 9.17) is 10.6 Å².